The molecule has 1 aliphatic rings. The van der Waals surface area contributed by atoms with E-state index in [2.05, 4.69) is 50.4 Å². The maximum atomic E-state index is 12.1. The van der Waals surface area contributed by atoms with Gasteiger partial charge in [-0.3, -0.25) is 10.1 Å². The Balaban J connectivity index is 0.000000550. The standard InChI is InChI=1S/C26H36N2OS.C5H10O2S/c1-4-30-26(28-19(3)16-20-11-6-5-7-12-20)21-14-15-23(25(27)29)24(17-21)22-13-9-8-10-18(22)2;1-3-4(8-2)5(6)7/h8-10,13-15,17,19-20,26,28H,4-7,11-12,16H2,1-3H3,(H2,27,29);4H,3H2,1-2H3,(H,6,7)/p-1. The summed E-state index contributed by atoms with van der Waals surface area (Å²) in [5.74, 6) is 0.553. The van der Waals surface area contributed by atoms with E-state index in [1.165, 1.54) is 55.9 Å². The molecule has 0 aromatic heterocycles. The lowest BCUT2D eigenvalue weighted by Gasteiger charge is -2.28. The van der Waals surface area contributed by atoms with Gasteiger partial charge in [-0.15, -0.1) is 11.8 Å². The van der Waals surface area contributed by atoms with E-state index in [0.29, 0.717) is 18.0 Å². The van der Waals surface area contributed by atoms with Gasteiger partial charge in [-0.2, -0.15) is 11.8 Å². The lowest BCUT2D eigenvalue weighted by atomic mass is 9.85. The van der Waals surface area contributed by atoms with E-state index in [4.69, 9.17) is 5.73 Å². The fourth-order valence-corrected chi connectivity index (χ4v) is 6.65. The molecule has 38 heavy (non-hydrogen) atoms. The van der Waals surface area contributed by atoms with Crippen LogP contribution in [0, 0.1) is 12.8 Å². The molecule has 0 aliphatic heterocycles. The number of amides is 1. The normalized spacial score (nSPS) is 16.1. The summed E-state index contributed by atoms with van der Waals surface area (Å²) in [7, 11) is 0. The fourth-order valence-electron chi connectivity index (χ4n) is 5.12. The summed E-state index contributed by atoms with van der Waals surface area (Å²) in [4.78, 5) is 22.1. The lowest BCUT2D eigenvalue weighted by Crippen LogP contribution is -2.32. The van der Waals surface area contributed by atoms with Crippen molar-refractivity contribution >= 4 is 35.4 Å². The number of aryl methyl sites for hydroxylation is 1. The van der Waals surface area contributed by atoms with E-state index < -0.39 is 5.97 Å². The second-order valence-electron chi connectivity index (χ2n) is 10.1. The zero-order chi connectivity index (χ0) is 28.1. The van der Waals surface area contributed by atoms with Crippen LogP contribution in [-0.2, 0) is 4.79 Å². The largest absolute Gasteiger partial charge is 0.549 e. The van der Waals surface area contributed by atoms with Crippen LogP contribution in [0.4, 0.5) is 0 Å². The third kappa shape index (κ3) is 9.97. The first-order valence-corrected chi connectivity index (χ1v) is 16.2. The van der Waals surface area contributed by atoms with Crippen LogP contribution in [0.2, 0.25) is 0 Å². The van der Waals surface area contributed by atoms with Gasteiger partial charge in [-0.1, -0.05) is 76.3 Å². The molecule has 2 aromatic rings. The zero-order valence-electron chi connectivity index (χ0n) is 23.6. The molecular formula is C31H45N2O3S2-. The molecule has 1 saturated carbocycles. The highest BCUT2D eigenvalue weighted by atomic mass is 32.2. The molecule has 0 saturated heterocycles. The van der Waals surface area contributed by atoms with E-state index >= 15 is 0 Å². The molecule has 3 N–H and O–H groups in total. The van der Waals surface area contributed by atoms with E-state index in [9.17, 15) is 14.7 Å². The zero-order valence-corrected chi connectivity index (χ0v) is 25.3. The van der Waals surface area contributed by atoms with Crippen LogP contribution in [0.5, 0.6) is 0 Å². The predicted molar refractivity (Wildman–Crippen MR) is 162 cm³/mol. The number of nitrogens with one attached hydrogen (secondary N) is 1. The Morgan fingerprint density at radius 3 is 2.29 bits per heavy atom. The maximum Gasteiger partial charge on any atom is 0.249 e. The number of nitrogens with two attached hydrogens (primary N) is 1. The summed E-state index contributed by atoms with van der Waals surface area (Å²) in [6.45, 7) is 8.43. The van der Waals surface area contributed by atoms with Crippen LogP contribution in [0.3, 0.4) is 0 Å². The Morgan fingerprint density at radius 1 is 1.08 bits per heavy atom. The first-order valence-electron chi connectivity index (χ1n) is 13.8. The van der Waals surface area contributed by atoms with Gasteiger partial charge in [0.25, 0.3) is 0 Å². The Bertz CT molecular complexity index is 1020. The van der Waals surface area contributed by atoms with Gasteiger partial charge in [0.1, 0.15) is 0 Å². The summed E-state index contributed by atoms with van der Waals surface area (Å²) >= 11 is 3.23. The topological polar surface area (TPSA) is 95.2 Å². The Hall–Kier alpha value is -1.96. The van der Waals surface area contributed by atoms with Crippen LogP contribution in [0.1, 0.15) is 92.6 Å². The Morgan fingerprint density at radius 2 is 1.76 bits per heavy atom. The van der Waals surface area contributed by atoms with Gasteiger partial charge >= 0.3 is 0 Å². The predicted octanol–water partition coefficient (Wildman–Crippen LogP) is 6.34. The molecule has 3 atom stereocenters. The minimum Gasteiger partial charge on any atom is -0.549 e. The molecule has 0 bridgehead atoms. The highest BCUT2D eigenvalue weighted by molar-refractivity contribution is 8.00. The number of thioether (sulfide) groups is 2. The summed E-state index contributed by atoms with van der Waals surface area (Å²) in [6.07, 6.45) is 10.6. The van der Waals surface area contributed by atoms with Gasteiger partial charge in [-0.05, 0) is 79.0 Å². The third-order valence-electron chi connectivity index (χ3n) is 7.15. The average molecular weight is 558 g/mol. The number of benzene rings is 2. The molecule has 210 valence electrons. The highest BCUT2D eigenvalue weighted by Crippen LogP contribution is 2.34. The molecule has 1 aliphatic carbocycles. The molecule has 0 spiro atoms. The van der Waals surface area contributed by atoms with Crippen molar-refractivity contribution in [1.29, 1.82) is 0 Å². The van der Waals surface area contributed by atoms with Crippen molar-refractivity contribution in [2.45, 2.75) is 89.3 Å². The van der Waals surface area contributed by atoms with Crippen molar-refractivity contribution in [3.8, 4) is 11.1 Å². The highest BCUT2D eigenvalue weighted by Gasteiger charge is 2.21. The number of hydrogen-bond acceptors (Lipinski definition) is 6. The SMILES string of the molecule is CCC(SC)C(=O)[O-].CCSC(NC(C)CC1CCCCC1)c1ccc(C(N)=O)c(-c2ccccc2C)c1. The molecule has 7 heteroatoms. The van der Waals surface area contributed by atoms with Crippen LogP contribution in [-0.4, -0.2) is 35.2 Å². The molecule has 5 nitrogen and oxygen atoms in total. The van der Waals surface area contributed by atoms with Crippen LogP contribution in [0.15, 0.2) is 42.5 Å². The first-order chi connectivity index (χ1) is 18.2. The molecule has 2 aromatic carbocycles. The first kappa shape index (κ1) is 32.3. The molecule has 3 unspecified atom stereocenters. The maximum absolute atomic E-state index is 12.1. The Kier molecular flexibility index (Phi) is 14.3. The summed E-state index contributed by atoms with van der Waals surface area (Å²) < 4.78 is 0. The molecule has 3 rings (SSSR count). The number of rotatable bonds is 12. The van der Waals surface area contributed by atoms with E-state index in [0.717, 1.165) is 28.4 Å². The summed E-state index contributed by atoms with van der Waals surface area (Å²) in [5, 5.41) is 13.8. The smallest absolute Gasteiger partial charge is 0.249 e. The number of primary amides is 1. The summed E-state index contributed by atoms with van der Waals surface area (Å²) in [5.41, 5.74) is 10.7. The van der Waals surface area contributed by atoms with Gasteiger partial charge in [0.05, 0.1) is 11.3 Å². The number of carbonyl (C=O) groups is 2. The second-order valence-corrected chi connectivity index (χ2v) is 12.5. The fraction of sp³-hybridized carbons (Fsp3) is 0.548. The van der Waals surface area contributed by atoms with Gasteiger partial charge in [-0.25, -0.2) is 0 Å². The number of carboxylic acid groups (broad SMARTS) is 1. The molecule has 0 heterocycles. The van der Waals surface area contributed by atoms with Crippen molar-refractivity contribution < 1.29 is 14.7 Å². The monoisotopic (exact) mass is 557 g/mol. The molecule has 1 fully saturated rings. The van der Waals surface area contributed by atoms with Gasteiger partial charge in [0.2, 0.25) is 5.91 Å². The molecule has 1 amide bonds. The van der Waals surface area contributed by atoms with Gasteiger partial charge in [0, 0.05) is 16.9 Å². The van der Waals surface area contributed by atoms with Crippen molar-refractivity contribution in [2.24, 2.45) is 11.7 Å². The quantitative estimate of drug-likeness (QED) is 0.296. The minimum absolute atomic E-state index is 0.207. The van der Waals surface area contributed by atoms with E-state index in [1.54, 1.807) is 6.26 Å². The molecular weight excluding hydrogens is 512 g/mol. The third-order valence-corrected chi connectivity index (χ3v) is 9.32. The average Bonchev–Trinajstić information content (AvgIpc) is 2.90. The van der Waals surface area contributed by atoms with Crippen molar-refractivity contribution in [2.75, 3.05) is 12.0 Å². The molecule has 0 radical (unpaired) electrons. The number of hydrogen-bond donors (Lipinski definition) is 2. The van der Waals surface area contributed by atoms with E-state index in [-0.39, 0.29) is 16.5 Å². The Labute approximate surface area is 238 Å². The van der Waals surface area contributed by atoms with Gasteiger partial charge < -0.3 is 15.6 Å². The van der Waals surface area contributed by atoms with Crippen molar-refractivity contribution in [3.05, 3.63) is 59.2 Å². The number of carbonyl (C=O) groups excluding carboxylic acids is 2. The minimum atomic E-state index is -0.958. The second kappa shape index (κ2) is 16.9. The van der Waals surface area contributed by atoms with Crippen LogP contribution >= 0.6 is 23.5 Å². The number of carboxylic acids is 1. The number of aliphatic carboxylic acids is 1. The van der Waals surface area contributed by atoms with Crippen molar-refractivity contribution in [1.82, 2.24) is 5.32 Å². The van der Waals surface area contributed by atoms with Gasteiger partial charge in [0.15, 0.2) is 0 Å². The van der Waals surface area contributed by atoms with Crippen LogP contribution in [0.25, 0.3) is 11.1 Å². The van der Waals surface area contributed by atoms with Crippen molar-refractivity contribution in [3.63, 3.8) is 0 Å². The van der Waals surface area contributed by atoms with Crippen LogP contribution < -0.4 is 16.2 Å². The lowest BCUT2D eigenvalue weighted by molar-refractivity contribution is -0.304. The van der Waals surface area contributed by atoms with E-state index in [1.807, 2.05) is 36.9 Å². The summed E-state index contributed by atoms with van der Waals surface area (Å²) in [6, 6.07) is 14.8.